The van der Waals surface area contributed by atoms with Crippen molar-refractivity contribution in [2.75, 3.05) is 30.8 Å². The molecule has 134 valence electrons. The molecular formula is C19H26N4O2. The Balaban J connectivity index is 0.000000257. The highest BCUT2D eigenvalue weighted by Gasteiger charge is 1.98. The summed E-state index contributed by atoms with van der Waals surface area (Å²) < 4.78 is 0. The van der Waals surface area contributed by atoms with Crippen LogP contribution >= 0.6 is 0 Å². The zero-order valence-corrected chi connectivity index (χ0v) is 14.5. The van der Waals surface area contributed by atoms with E-state index in [9.17, 15) is 9.59 Å². The van der Waals surface area contributed by atoms with Crippen molar-refractivity contribution in [2.45, 2.75) is 12.8 Å². The molecule has 1 amide bonds. The summed E-state index contributed by atoms with van der Waals surface area (Å²) in [5.74, 6) is -0.642. The number of amides is 1. The van der Waals surface area contributed by atoms with Crippen molar-refractivity contribution in [2.24, 2.45) is 11.5 Å². The zero-order valence-electron chi connectivity index (χ0n) is 14.5. The summed E-state index contributed by atoms with van der Waals surface area (Å²) in [7, 11) is 1.91. The molecule has 2 aromatic carbocycles. The van der Waals surface area contributed by atoms with Gasteiger partial charge in [-0.05, 0) is 61.3 Å². The molecule has 0 aliphatic heterocycles. The van der Waals surface area contributed by atoms with Gasteiger partial charge in [0.05, 0.1) is 0 Å². The zero-order chi connectivity index (χ0) is 18.5. The van der Waals surface area contributed by atoms with E-state index in [1.165, 1.54) is 5.56 Å². The number of aldehydes is 1. The first kappa shape index (κ1) is 20.3. The van der Waals surface area contributed by atoms with Crippen LogP contribution in [0.4, 0.5) is 11.4 Å². The van der Waals surface area contributed by atoms with Gasteiger partial charge in [0.1, 0.15) is 0 Å². The average Bonchev–Trinajstić information content (AvgIpc) is 2.65. The smallest absolute Gasteiger partial charge is 0.288 e. The van der Waals surface area contributed by atoms with E-state index in [1.54, 1.807) is 12.1 Å². The molecule has 0 saturated heterocycles. The third-order valence-corrected chi connectivity index (χ3v) is 3.44. The van der Waals surface area contributed by atoms with Crippen LogP contribution < -0.4 is 22.1 Å². The fraction of sp³-hybridized carbons (Fsp3) is 0.263. The maximum absolute atomic E-state index is 10.7. The molecule has 0 heterocycles. The second kappa shape index (κ2) is 11.8. The van der Waals surface area contributed by atoms with Gasteiger partial charge in [-0.2, -0.15) is 0 Å². The molecule has 6 N–H and O–H groups in total. The van der Waals surface area contributed by atoms with Crippen LogP contribution in [0.3, 0.4) is 0 Å². The number of carbonyl (C=O) groups excluding carboxylic acids is 2. The Hall–Kier alpha value is -2.70. The van der Waals surface area contributed by atoms with Gasteiger partial charge in [-0.15, -0.1) is 0 Å². The topological polar surface area (TPSA) is 110 Å². The highest BCUT2D eigenvalue weighted by molar-refractivity contribution is 6.29. The number of hydrogen-bond donors (Lipinski definition) is 4. The van der Waals surface area contributed by atoms with Gasteiger partial charge < -0.3 is 22.1 Å². The number of benzene rings is 2. The van der Waals surface area contributed by atoms with Gasteiger partial charge >= 0.3 is 0 Å². The van der Waals surface area contributed by atoms with Gasteiger partial charge in [-0.25, -0.2) is 0 Å². The lowest BCUT2D eigenvalue weighted by atomic mass is 10.1. The minimum atomic E-state index is -0.642. The summed E-state index contributed by atoms with van der Waals surface area (Å²) >= 11 is 0. The molecule has 0 saturated carbocycles. The van der Waals surface area contributed by atoms with Crippen molar-refractivity contribution in [1.82, 2.24) is 0 Å². The van der Waals surface area contributed by atoms with Crippen LogP contribution in [-0.4, -0.2) is 32.3 Å². The van der Waals surface area contributed by atoms with Gasteiger partial charge in [-0.1, -0.05) is 24.3 Å². The first-order chi connectivity index (χ1) is 12.1. The Kier molecular flexibility index (Phi) is 9.58. The van der Waals surface area contributed by atoms with Crippen molar-refractivity contribution in [3.63, 3.8) is 0 Å². The number of nitrogens with one attached hydrogen (secondary N) is 2. The van der Waals surface area contributed by atoms with Crippen LogP contribution in [0, 0.1) is 0 Å². The predicted molar refractivity (Wildman–Crippen MR) is 103 cm³/mol. The van der Waals surface area contributed by atoms with E-state index < -0.39 is 5.91 Å². The van der Waals surface area contributed by atoms with Crippen LogP contribution in [0.1, 0.15) is 11.1 Å². The van der Waals surface area contributed by atoms with E-state index in [2.05, 4.69) is 34.9 Å². The molecule has 0 bridgehead atoms. The molecule has 2 aromatic rings. The highest BCUT2D eigenvalue weighted by Crippen LogP contribution is 2.09. The molecule has 0 fully saturated rings. The van der Waals surface area contributed by atoms with Crippen LogP contribution in [0.25, 0.3) is 0 Å². The van der Waals surface area contributed by atoms with E-state index in [0.29, 0.717) is 12.2 Å². The summed E-state index contributed by atoms with van der Waals surface area (Å²) in [6.07, 6.45) is 2.01. The van der Waals surface area contributed by atoms with E-state index in [1.807, 2.05) is 19.2 Å². The molecule has 0 unspecified atom stereocenters. The Morgan fingerprint density at radius 2 is 1.32 bits per heavy atom. The summed E-state index contributed by atoms with van der Waals surface area (Å²) in [4.78, 5) is 20.7. The number of hydrogen-bond acceptors (Lipinski definition) is 5. The molecular weight excluding hydrogens is 316 g/mol. The van der Waals surface area contributed by atoms with Crippen LogP contribution in [0.15, 0.2) is 48.5 Å². The normalized spacial score (nSPS) is 9.56. The van der Waals surface area contributed by atoms with Crippen molar-refractivity contribution in [3.05, 3.63) is 59.7 Å². The standard InChI is InChI=1S/C10H12N2O2.C9H14N2/c11-6-5-8-1-3-9(4-2-8)12-10(14)7-13;1-11-9-4-2-8(3-5-9)6-7-10/h1-4,7H,5-6,11H2,(H,12,14);2-5,11H,6-7,10H2,1H3. The SMILES string of the molecule is CNc1ccc(CCN)cc1.NCCc1ccc(NC(=O)C=O)cc1. The predicted octanol–water partition coefficient (Wildman–Crippen LogP) is 1.55. The average molecular weight is 342 g/mol. The molecule has 0 radical (unpaired) electrons. The molecule has 0 spiro atoms. The summed E-state index contributed by atoms with van der Waals surface area (Å²) in [5, 5.41) is 5.49. The summed E-state index contributed by atoms with van der Waals surface area (Å²) in [5.41, 5.74) is 15.0. The van der Waals surface area contributed by atoms with Crippen molar-refractivity contribution < 1.29 is 9.59 Å². The second-order valence-corrected chi connectivity index (χ2v) is 5.33. The van der Waals surface area contributed by atoms with Gasteiger partial charge in [-0.3, -0.25) is 9.59 Å². The first-order valence-corrected chi connectivity index (χ1v) is 8.14. The minimum Gasteiger partial charge on any atom is -0.388 e. The molecule has 0 aromatic heterocycles. The quantitative estimate of drug-likeness (QED) is 0.451. The fourth-order valence-corrected chi connectivity index (χ4v) is 2.10. The Morgan fingerprint density at radius 3 is 1.68 bits per heavy atom. The summed E-state index contributed by atoms with van der Waals surface area (Å²) in [6, 6.07) is 15.5. The molecule has 0 aliphatic carbocycles. The lowest BCUT2D eigenvalue weighted by Gasteiger charge is -2.02. The number of anilines is 2. The molecule has 0 atom stereocenters. The fourth-order valence-electron chi connectivity index (χ4n) is 2.10. The van der Waals surface area contributed by atoms with Crippen LogP contribution in [0.5, 0.6) is 0 Å². The molecule has 0 aliphatic rings. The molecule has 2 rings (SSSR count). The molecule has 25 heavy (non-hydrogen) atoms. The lowest BCUT2D eigenvalue weighted by Crippen LogP contribution is -2.12. The van der Waals surface area contributed by atoms with Gasteiger partial charge in [0.15, 0.2) is 0 Å². The minimum absolute atomic E-state index is 0.244. The van der Waals surface area contributed by atoms with Crippen LogP contribution in [0.2, 0.25) is 0 Å². The van der Waals surface area contributed by atoms with Crippen molar-refractivity contribution >= 4 is 23.6 Å². The Labute approximate surface area is 148 Å². The Morgan fingerprint density at radius 1 is 0.880 bits per heavy atom. The monoisotopic (exact) mass is 342 g/mol. The second-order valence-electron chi connectivity index (χ2n) is 5.33. The van der Waals surface area contributed by atoms with E-state index in [-0.39, 0.29) is 6.29 Å². The maximum Gasteiger partial charge on any atom is 0.288 e. The van der Waals surface area contributed by atoms with Crippen molar-refractivity contribution in [1.29, 1.82) is 0 Å². The Bertz CT molecular complexity index is 639. The van der Waals surface area contributed by atoms with Gasteiger partial charge in [0.2, 0.25) is 6.29 Å². The highest BCUT2D eigenvalue weighted by atomic mass is 16.2. The van der Waals surface area contributed by atoms with E-state index >= 15 is 0 Å². The number of nitrogens with two attached hydrogens (primary N) is 2. The largest absolute Gasteiger partial charge is 0.388 e. The van der Waals surface area contributed by atoms with E-state index in [0.717, 1.165) is 30.6 Å². The third kappa shape index (κ3) is 8.10. The van der Waals surface area contributed by atoms with Crippen LogP contribution in [-0.2, 0) is 22.4 Å². The van der Waals surface area contributed by atoms with Gasteiger partial charge in [0, 0.05) is 18.4 Å². The lowest BCUT2D eigenvalue weighted by molar-refractivity contribution is -0.127. The van der Waals surface area contributed by atoms with Crippen molar-refractivity contribution in [3.8, 4) is 0 Å². The molecule has 6 nitrogen and oxygen atoms in total. The summed E-state index contributed by atoms with van der Waals surface area (Å²) in [6.45, 7) is 1.32. The third-order valence-electron chi connectivity index (χ3n) is 3.44. The number of carbonyl (C=O) groups is 2. The molecule has 6 heteroatoms. The van der Waals surface area contributed by atoms with E-state index in [4.69, 9.17) is 11.5 Å². The maximum atomic E-state index is 10.7. The van der Waals surface area contributed by atoms with Gasteiger partial charge in [0.25, 0.3) is 5.91 Å². The first-order valence-electron chi connectivity index (χ1n) is 8.14. The number of rotatable bonds is 7.